The van der Waals surface area contributed by atoms with Gasteiger partial charge in [0.25, 0.3) is 0 Å². The summed E-state index contributed by atoms with van der Waals surface area (Å²) in [6.45, 7) is 10.0. The Kier molecular flexibility index (Phi) is 4.45. The lowest BCUT2D eigenvalue weighted by Crippen LogP contribution is -2.59. The van der Waals surface area contributed by atoms with Crippen molar-refractivity contribution in [2.45, 2.75) is 53.9 Å². The second kappa shape index (κ2) is 6.22. The summed E-state index contributed by atoms with van der Waals surface area (Å²) in [7, 11) is 0. The number of benzene rings is 1. The van der Waals surface area contributed by atoms with Gasteiger partial charge >= 0.3 is 0 Å². The molecule has 5 nitrogen and oxygen atoms in total. The van der Waals surface area contributed by atoms with Gasteiger partial charge in [-0.15, -0.1) is 0 Å². The van der Waals surface area contributed by atoms with Crippen LogP contribution in [0.2, 0.25) is 0 Å². The molecule has 2 fully saturated rings. The third kappa shape index (κ3) is 2.65. The summed E-state index contributed by atoms with van der Waals surface area (Å²) >= 11 is 0. The van der Waals surface area contributed by atoms with Crippen molar-refractivity contribution in [3.63, 3.8) is 0 Å². The van der Waals surface area contributed by atoms with E-state index in [0.29, 0.717) is 0 Å². The zero-order valence-corrected chi connectivity index (χ0v) is 16.3. The number of carbonyl (C=O) groups is 3. The summed E-state index contributed by atoms with van der Waals surface area (Å²) in [5.41, 5.74) is 1.96. The molecule has 1 heterocycles. The zero-order chi connectivity index (χ0) is 19.3. The molecule has 1 aromatic carbocycles. The Labute approximate surface area is 155 Å². The molecule has 1 saturated carbocycles. The van der Waals surface area contributed by atoms with Gasteiger partial charge in [0.2, 0.25) is 17.7 Å². The van der Waals surface area contributed by atoms with Gasteiger partial charge in [0.05, 0.1) is 5.41 Å². The van der Waals surface area contributed by atoms with Crippen molar-refractivity contribution >= 4 is 23.4 Å². The van der Waals surface area contributed by atoms with Crippen molar-refractivity contribution in [3.05, 3.63) is 29.3 Å². The van der Waals surface area contributed by atoms with Crippen molar-refractivity contribution < 1.29 is 14.4 Å². The molecule has 1 aliphatic carbocycles. The van der Waals surface area contributed by atoms with Crippen LogP contribution < -0.4 is 5.32 Å². The summed E-state index contributed by atoms with van der Waals surface area (Å²) in [4.78, 5) is 39.5. The van der Waals surface area contributed by atoms with Crippen LogP contribution in [0, 0.1) is 30.6 Å². The first kappa shape index (κ1) is 18.6. The molecule has 0 aromatic heterocycles. The van der Waals surface area contributed by atoms with E-state index < -0.39 is 5.41 Å². The fraction of sp³-hybridized carbons (Fsp3) is 0.571. The van der Waals surface area contributed by atoms with E-state index in [4.69, 9.17) is 0 Å². The van der Waals surface area contributed by atoms with Gasteiger partial charge in [0.15, 0.2) is 0 Å². The number of para-hydroxylation sites is 1. The Morgan fingerprint density at radius 1 is 1.19 bits per heavy atom. The van der Waals surface area contributed by atoms with Gasteiger partial charge < -0.3 is 5.32 Å². The second-order valence-electron chi connectivity index (χ2n) is 8.51. The normalized spacial score (nSPS) is 27.0. The van der Waals surface area contributed by atoms with Crippen LogP contribution >= 0.6 is 0 Å². The average molecular weight is 356 g/mol. The number of amides is 3. The molecule has 5 heteroatoms. The Morgan fingerprint density at radius 3 is 2.42 bits per heavy atom. The fourth-order valence-electron chi connectivity index (χ4n) is 4.54. The molecule has 3 amide bonds. The number of fused-ring (bicyclic) bond motifs is 2. The van der Waals surface area contributed by atoms with Crippen LogP contribution in [0.5, 0.6) is 0 Å². The minimum absolute atomic E-state index is 0.116. The predicted octanol–water partition coefficient (Wildman–Crippen LogP) is 3.44. The van der Waals surface area contributed by atoms with E-state index in [0.717, 1.165) is 29.7 Å². The van der Waals surface area contributed by atoms with E-state index in [1.54, 1.807) is 0 Å². The summed E-state index contributed by atoms with van der Waals surface area (Å²) in [6.07, 6.45) is 1.61. The highest BCUT2D eigenvalue weighted by Gasteiger charge is 2.64. The van der Waals surface area contributed by atoms with Gasteiger partial charge in [0.1, 0.15) is 0 Å². The van der Waals surface area contributed by atoms with Crippen LogP contribution in [0.3, 0.4) is 0 Å². The quantitative estimate of drug-likeness (QED) is 0.841. The molecule has 0 radical (unpaired) electrons. The molecule has 1 saturated heterocycles. The predicted molar refractivity (Wildman–Crippen MR) is 100 cm³/mol. The van der Waals surface area contributed by atoms with Crippen LogP contribution in [-0.2, 0) is 14.4 Å². The summed E-state index contributed by atoms with van der Waals surface area (Å²) in [5.74, 6) is -0.548. The minimum atomic E-state index is -0.519. The fourth-order valence-corrected chi connectivity index (χ4v) is 4.54. The molecule has 2 bridgehead atoms. The van der Waals surface area contributed by atoms with Gasteiger partial charge in [-0.3, -0.25) is 19.3 Å². The lowest BCUT2D eigenvalue weighted by molar-refractivity contribution is -0.167. The van der Waals surface area contributed by atoms with E-state index in [9.17, 15) is 14.4 Å². The number of hydrogen-bond acceptors (Lipinski definition) is 3. The van der Waals surface area contributed by atoms with Gasteiger partial charge in [-0.25, -0.2) is 0 Å². The molecule has 26 heavy (non-hydrogen) atoms. The van der Waals surface area contributed by atoms with E-state index in [2.05, 4.69) is 5.32 Å². The number of piperidine rings is 1. The SMILES string of the molecule is Cc1cccc(C)c1NC(=O)CCN1C(=O)C2CCC(C)(C1=O)C2(C)C. The molecule has 0 spiro atoms. The number of carbonyl (C=O) groups excluding carboxylic acids is 3. The molecular formula is C21H28N2O3. The van der Waals surface area contributed by atoms with Crippen LogP contribution in [-0.4, -0.2) is 29.2 Å². The monoisotopic (exact) mass is 356 g/mol. The Morgan fingerprint density at radius 2 is 1.81 bits per heavy atom. The first-order chi connectivity index (χ1) is 12.1. The number of likely N-dealkylation sites (tertiary alicyclic amines) is 1. The third-order valence-electron chi connectivity index (χ3n) is 6.82. The van der Waals surface area contributed by atoms with E-state index in [1.165, 1.54) is 4.90 Å². The van der Waals surface area contributed by atoms with Crippen molar-refractivity contribution in [2.75, 3.05) is 11.9 Å². The molecular weight excluding hydrogens is 328 g/mol. The maximum absolute atomic E-state index is 13.0. The van der Waals surface area contributed by atoms with Gasteiger partial charge in [-0.05, 0) is 43.2 Å². The number of anilines is 1. The van der Waals surface area contributed by atoms with E-state index in [-0.39, 0.29) is 42.0 Å². The maximum Gasteiger partial charge on any atom is 0.235 e. The smallest absolute Gasteiger partial charge is 0.235 e. The number of aryl methyl sites for hydroxylation is 2. The molecule has 3 rings (SSSR count). The number of hydrogen-bond donors (Lipinski definition) is 1. The van der Waals surface area contributed by atoms with Gasteiger partial charge in [-0.1, -0.05) is 39.0 Å². The molecule has 1 aromatic rings. The van der Waals surface area contributed by atoms with Gasteiger partial charge in [0, 0.05) is 24.6 Å². The molecule has 2 unspecified atom stereocenters. The number of nitrogens with one attached hydrogen (secondary N) is 1. The Balaban J connectivity index is 1.69. The lowest BCUT2D eigenvalue weighted by Gasteiger charge is -2.47. The van der Waals surface area contributed by atoms with Crippen LogP contribution in [0.25, 0.3) is 0 Å². The van der Waals surface area contributed by atoms with Crippen molar-refractivity contribution in [3.8, 4) is 0 Å². The first-order valence-electron chi connectivity index (χ1n) is 9.31. The summed E-state index contributed by atoms with van der Waals surface area (Å²) < 4.78 is 0. The second-order valence-corrected chi connectivity index (χ2v) is 8.51. The Bertz CT molecular complexity index is 763. The highest BCUT2D eigenvalue weighted by Crippen LogP contribution is 2.60. The number of nitrogens with zero attached hydrogens (tertiary/aromatic N) is 1. The highest BCUT2D eigenvalue weighted by atomic mass is 16.2. The summed E-state index contributed by atoms with van der Waals surface area (Å²) in [6, 6.07) is 5.84. The Hall–Kier alpha value is -2.17. The van der Waals surface area contributed by atoms with Crippen LogP contribution in [0.4, 0.5) is 5.69 Å². The highest BCUT2D eigenvalue weighted by molar-refractivity contribution is 6.04. The van der Waals surface area contributed by atoms with E-state index >= 15 is 0 Å². The third-order valence-corrected chi connectivity index (χ3v) is 6.82. The molecule has 1 aliphatic heterocycles. The first-order valence-corrected chi connectivity index (χ1v) is 9.31. The van der Waals surface area contributed by atoms with Crippen molar-refractivity contribution in [1.82, 2.24) is 4.90 Å². The minimum Gasteiger partial charge on any atom is -0.326 e. The van der Waals surface area contributed by atoms with Crippen LogP contribution in [0.15, 0.2) is 18.2 Å². The zero-order valence-electron chi connectivity index (χ0n) is 16.3. The van der Waals surface area contributed by atoms with Gasteiger partial charge in [-0.2, -0.15) is 0 Å². The number of rotatable bonds is 4. The average Bonchev–Trinajstić information content (AvgIpc) is 2.75. The molecule has 1 N–H and O–H groups in total. The topological polar surface area (TPSA) is 66.5 Å². The standard InChI is InChI=1S/C21H28N2O3/c1-13-7-6-8-14(2)17(13)22-16(24)10-12-23-18(25)15-9-11-21(5,19(23)26)20(15,3)4/h6-8,15H,9-12H2,1-5H3,(H,22,24). The molecule has 2 atom stereocenters. The molecule has 2 aliphatic rings. The maximum atomic E-state index is 13.0. The lowest BCUT2D eigenvalue weighted by atomic mass is 9.62. The largest absolute Gasteiger partial charge is 0.326 e. The molecule has 140 valence electrons. The van der Waals surface area contributed by atoms with E-state index in [1.807, 2.05) is 52.8 Å². The van der Waals surface area contributed by atoms with Crippen molar-refractivity contribution in [2.24, 2.45) is 16.7 Å². The summed E-state index contributed by atoms with van der Waals surface area (Å²) in [5, 5.41) is 2.92. The van der Waals surface area contributed by atoms with Crippen molar-refractivity contribution in [1.29, 1.82) is 0 Å². The number of imide groups is 1. The van der Waals surface area contributed by atoms with Crippen LogP contribution in [0.1, 0.15) is 51.2 Å².